The van der Waals surface area contributed by atoms with Crippen molar-refractivity contribution in [3.05, 3.63) is 47.2 Å². The van der Waals surface area contributed by atoms with Gasteiger partial charge in [-0.3, -0.25) is 9.48 Å². The van der Waals surface area contributed by atoms with E-state index in [0.29, 0.717) is 22.9 Å². The first kappa shape index (κ1) is 13.1. The summed E-state index contributed by atoms with van der Waals surface area (Å²) in [5.74, 6) is -0.199. The van der Waals surface area contributed by atoms with Crippen LogP contribution in [0, 0.1) is 0 Å². The van der Waals surface area contributed by atoms with Gasteiger partial charge < -0.3 is 10.1 Å². The van der Waals surface area contributed by atoms with Gasteiger partial charge in [0.05, 0.1) is 24.5 Å². The monoisotopic (exact) mass is 291 g/mol. The molecule has 3 rings (SSSR count). The lowest BCUT2D eigenvalue weighted by atomic mass is 10.2. The van der Waals surface area contributed by atoms with E-state index in [9.17, 15) is 4.79 Å². The third-order valence-electron chi connectivity index (χ3n) is 3.23. The van der Waals surface area contributed by atoms with Crippen molar-refractivity contribution in [3.8, 4) is 0 Å². The highest BCUT2D eigenvalue weighted by Crippen LogP contribution is 2.20. The topological polar surface area (TPSA) is 56.2 Å². The van der Waals surface area contributed by atoms with Gasteiger partial charge in [0, 0.05) is 23.4 Å². The molecule has 0 bridgehead atoms. The molecule has 1 aliphatic heterocycles. The normalized spacial score (nSPS) is 18.1. The summed E-state index contributed by atoms with van der Waals surface area (Å²) < 4.78 is 7.16. The highest BCUT2D eigenvalue weighted by molar-refractivity contribution is 6.31. The van der Waals surface area contributed by atoms with Crippen LogP contribution in [0.4, 0.5) is 5.69 Å². The van der Waals surface area contributed by atoms with Crippen molar-refractivity contribution < 1.29 is 9.53 Å². The molecule has 1 aromatic heterocycles. The molecular formula is C14H14ClN3O2. The molecule has 0 spiro atoms. The number of halogens is 1. The number of aromatic nitrogens is 2. The number of nitrogens with one attached hydrogen (secondary N) is 1. The first-order valence-corrected chi connectivity index (χ1v) is 6.79. The van der Waals surface area contributed by atoms with Gasteiger partial charge in [-0.2, -0.15) is 5.10 Å². The Balaban J connectivity index is 1.70. The van der Waals surface area contributed by atoms with E-state index >= 15 is 0 Å². The maximum Gasteiger partial charge on any atom is 0.255 e. The van der Waals surface area contributed by atoms with E-state index in [1.165, 1.54) is 0 Å². The van der Waals surface area contributed by atoms with E-state index in [2.05, 4.69) is 10.4 Å². The number of nitrogens with zero attached hydrogens (tertiary/aromatic N) is 2. The van der Waals surface area contributed by atoms with Crippen LogP contribution < -0.4 is 5.32 Å². The van der Waals surface area contributed by atoms with Crippen molar-refractivity contribution in [3.63, 3.8) is 0 Å². The van der Waals surface area contributed by atoms with Crippen molar-refractivity contribution in [1.29, 1.82) is 0 Å². The minimum atomic E-state index is -0.199. The fourth-order valence-electron chi connectivity index (χ4n) is 2.17. The van der Waals surface area contributed by atoms with E-state index in [0.717, 1.165) is 13.0 Å². The third-order valence-corrected chi connectivity index (χ3v) is 3.46. The lowest BCUT2D eigenvalue weighted by molar-refractivity contribution is 0.102. The van der Waals surface area contributed by atoms with E-state index in [-0.39, 0.29) is 11.9 Å². The largest absolute Gasteiger partial charge is 0.379 e. The summed E-state index contributed by atoms with van der Waals surface area (Å²) in [6.07, 6.45) is 4.41. The molecule has 2 aromatic rings. The number of rotatable bonds is 3. The number of amides is 1. The van der Waals surface area contributed by atoms with Crippen LogP contribution in [0.5, 0.6) is 0 Å². The van der Waals surface area contributed by atoms with Gasteiger partial charge in [-0.1, -0.05) is 17.7 Å². The zero-order valence-electron chi connectivity index (χ0n) is 10.8. The second-order valence-electron chi connectivity index (χ2n) is 4.69. The molecule has 0 radical (unpaired) electrons. The molecule has 0 saturated carbocycles. The van der Waals surface area contributed by atoms with E-state index < -0.39 is 0 Å². The first-order valence-electron chi connectivity index (χ1n) is 6.41. The van der Waals surface area contributed by atoms with Crippen LogP contribution in [-0.4, -0.2) is 28.9 Å². The molecule has 1 amide bonds. The molecule has 5 nitrogen and oxygen atoms in total. The summed E-state index contributed by atoms with van der Waals surface area (Å²) >= 11 is 5.87. The number of carbonyl (C=O) groups excluding carboxylic acids is 1. The molecule has 1 fully saturated rings. The third kappa shape index (κ3) is 2.84. The summed E-state index contributed by atoms with van der Waals surface area (Å²) in [5, 5.41) is 7.60. The fourth-order valence-corrected chi connectivity index (χ4v) is 2.36. The van der Waals surface area contributed by atoms with E-state index in [1.54, 1.807) is 30.5 Å². The lowest BCUT2D eigenvalue weighted by Crippen LogP contribution is -2.12. The molecule has 0 unspecified atom stereocenters. The summed E-state index contributed by atoms with van der Waals surface area (Å²) in [7, 11) is 0. The average molecular weight is 292 g/mol. The molecule has 104 valence electrons. The lowest BCUT2D eigenvalue weighted by Gasteiger charge is -2.07. The van der Waals surface area contributed by atoms with Gasteiger partial charge in [0.1, 0.15) is 0 Å². The van der Waals surface area contributed by atoms with Crippen LogP contribution in [0.25, 0.3) is 0 Å². The highest BCUT2D eigenvalue weighted by Gasteiger charge is 2.18. The molecule has 20 heavy (non-hydrogen) atoms. The maximum atomic E-state index is 12.1. The Morgan fingerprint density at radius 1 is 1.50 bits per heavy atom. The Hall–Kier alpha value is -1.85. The van der Waals surface area contributed by atoms with Gasteiger partial charge in [-0.05, 0) is 24.6 Å². The molecular weight excluding hydrogens is 278 g/mol. The number of anilines is 1. The zero-order chi connectivity index (χ0) is 13.9. The van der Waals surface area contributed by atoms with E-state index in [1.807, 2.05) is 10.9 Å². The van der Waals surface area contributed by atoms with Gasteiger partial charge in [-0.15, -0.1) is 0 Å². The van der Waals surface area contributed by atoms with Gasteiger partial charge in [-0.25, -0.2) is 0 Å². The maximum absolute atomic E-state index is 12.1. The SMILES string of the molecule is O=C(Nc1cnn([C@H]2CCOC2)c1)c1cccc(Cl)c1. The number of hydrogen-bond acceptors (Lipinski definition) is 3. The number of hydrogen-bond donors (Lipinski definition) is 1. The van der Waals surface area contributed by atoms with Crippen LogP contribution in [0.3, 0.4) is 0 Å². The predicted octanol–water partition coefficient (Wildman–Crippen LogP) is 2.75. The van der Waals surface area contributed by atoms with Gasteiger partial charge in [0.2, 0.25) is 0 Å². The molecule has 0 aliphatic carbocycles. The van der Waals surface area contributed by atoms with Crippen LogP contribution in [-0.2, 0) is 4.74 Å². The molecule has 2 heterocycles. The smallest absolute Gasteiger partial charge is 0.255 e. The molecule has 1 aliphatic rings. The predicted molar refractivity (Wildman–Crippen MR) is 76.1 cm³/mol. The molecule has 1 saturated heterocycles. The highest BCUT2D eigenvalue weighted by atomic mass is 35.5. The van der Waals surface area contributed by atoms with E-state index in [4.69, 9.17) is 16.3 Å². The zero-order valence-corrected chi connectivity index (χ0v) is 11.5. The Kier molecular flexibility index (Phi) is 3.71. The molecule has 1 N–H and O–H groups in total. The van der Waals surface area contributed by atoms with Crippen LogP contribution in [0.2, 0.25) is 5.02 Å². The molecule has 6 heteroatoms. The van der Waals surface area contributed by atoms with Gasteiger partial charge in [0.25, 0.3) is 5.91 Å². The van der Waals surface area contributed by atoms with Crippen LogP contribution in [0.15, 0.2) is 36.7 Å². The standard InChI is InChI=1S/C14H14ClN3O2/c15-11-3-1-2-10(6-11)14(19)17-12-7-16-18(8-12)13-4-5-20-9-13/h1-3,6-8,13H,4-5,9H2,(H,17,19)/t13-/m0/s1. The minimum absolute atomic E-state index is 0.199. The summed E-state index contributed by atoms with van der Waals surface area (Å²) in [6.45, 7) is 1.43. The van der Waals surface area contributed by atoms with Crippen LogP contribution >= 0.6 is 11.6 Å². The second-order valence-corrected chi connectivity index (χ2v) is 5.13. The quantitative estimate of drug-likeness (QED) is 0.946. The Bertz CT molecular complexity index is 620. The summed E-state index contributed by atoms with van der Waals surface area (Å²) in [5.41, 5.74) is 1.19. The van der Waals surface area contributed by atoms with Crippen LogP contribution in [0.1, 0.15) is 22.8 Å². The number of benzene rings is 1. The fraction of sp³-hybridized carbons (Fsp3) is 0.286. The molecule has 1 atom stereocenters. The molecule has 1 aromatic carbocycles. The number of ether oxygens (including phenoxy) is 1. The van der Waals surface area contributed by atoms with Crippen molar-refractivity contribution in [1.82, 2.24) is 9.78 Å². The first-order chi connectivity index (χ1) is 9.72. The summed E-state index contributed by atoms with van der Waals surface area (Å²) in [6, 6.07) is 7.09. The van der Waals surface area contributed by atoms with Crippen molar-refractivity contribution in [2.24, 2.45) is 0 Å². The Morgan fingerprint density at radius 3 is 3.15 bits per heavy atom. The second kappa shape index (κ2) is 5.64. The van der Waals surface area contributed by atoms with Gasteiger partial charge >= 0.3 is 0 Å². The Morgan fingerprint density at radius 2 is 2.40 bits per heavy atom. The minimum Gasteiger partial charge on any atom is -0.379 e. The van der Waals surface area contributed by atoms with Crippen molar-refractivity contribution in [2.45, 2.75) is 12.5 Å². The Labute approximate surface area is 121 Å². The van der Waals surface area contributed by atoms with Crippen molar-refractivity contribution >= 4 is 23.2 Å². The van der Waals surface area contributed by atoms with Gasteiger partial charge in [0.15, 0.2) is 0 Å². The summed E-state index contributed by atoms with van der Waals surface area (Å²) in [4.78, 5) is 12.1. The van der Waals surface area contributed by atoms with Crippen molar-refractivity contribution in [2.75, 3.05) is 18.5 Å². The number of carbonyl (C=O) groups is 1. The average Bonchev–Trinajstić information content (AvgIpc) is 3.08.